The van der Waals surface area contributed by atoms with Crippen molar-refractivity contribution in [2.75, 3.05) is 0 Å². The molecule has 0 aliphatic carbocycles. The normalized spacial score (nSPS) is 25.4. The van der Waals surface area contributed by atoms with Gasteiger partial charge in [0.1, 0.15) is 12.2 Å². The predicted octanol–water partition coefficient (Wildman–Crippen LogP) is 5.08. The van der Waals surface area contributed by atoms with E-state index >= 15 is 0 Å². The molecule has 8 nitrogen and oxygen atoms in total. The van der Waals surface area contributed by atoms with E-state index in [1.807, 2.05) is 60.6 Å². The monoisotopic (exact) mass is 563 g/mol. The molecular weight excluding hydrogens is 510 g/mol. The standard InChI is InChI=1S/C32H53NO7/c1-9-10-11-22(5)31(40-32(33)38)25(8)30(37)24(7)17-19(2)16-23(6)29(36)21(4)12-14-26(34)18-27-20(3)13-15-28(35)39-27/h9-12,14,16,20-27,29-31,34,36-37H,1,13,15,17-18H2,2-8H3,(H2,33,38)/b11-10-,14-12-,19-16-/t20-,21-,22-,23-,24-,25-,26+,27+,29-,30+,31-/m0/s1. The molecule has 0 radical (unpaired) electrons. The smallest absolute Gasteiger partial charge is 0.404 e. The lowest BCUT2D eigenvalue weighted by Gasteiger charge is -2.33. The van der Waals surface area contributed by atoms with E-state index in [0.717, 1.165) is 12.0 Å². The predicted molar refractivity (Wildman–Crippen MR) is 158 cm³/mol. The van der Waals surface area contributed by atoms with Gasteiger partial charge in [0.15, 0.2) is 0 Å². The van der Waals surface area contributed by atoms with Crippen LogP contribution in [0.15, 0.2) is 48.6 Å². The zero-order chi connectivity index (χ0) is 30.6. The van der Waals surface area contributed by atoms with Crippen molar-refractivity contribution in [2.24, 2.45) is 41.2 Å². The number of hydrogen-bond donors (Lipinski definition) is 4. The molecular formula is C32H53NO7. The topological polar surface area (TPSA) is 139 Å². The van der Waals surface area contributed by atoms with E-state index in [0.29, 0.717) is 19.3 Å². The maximum atomic E-state index is 11.6. The lowest BCUT2D eigenvalue weighted by atomic mass is 9.81. The Morgan fingerprint density at radius 1 is 1.07 bits per heavy atom. The van der Waals surface area contributed by atoms with Crippen molar-refractivity contribution in [3.05, 3.63) is 48.6 Å². The average Bonchev–Trinajstić information content (AvgIpc) is 2.89. The van der Waals surface area contributed by atoms with Crippen LogP contribution in [0.2, 0.25) is 0 Å². The summed E-state index contributed by atoms with van der Waals surface area (Å²) >= 11 is 0. The molecule has 1 heterocycles. The van der Waals surface area contributed by atoms with E-state index in [-0.39, 0.29) is 47.6 Å². The lowest BCUT2D eigenvalue weighted by Crippen LogP contribution is -2.41. The molecule has 0 aromatic carbocycles. The van der Waals surface area contributed by atoms with Gasteiger partial charge in [0.2, 0.25) is 0 Å². The zero-order valence-corrected chi connectivity index (χ0v) is 25.4. The molecule has 1 rings (SSSR count). The van der Waals surface area contributed by atoms with Gasteiger partial charge in [0.05, 0.1) is 18.3 Å². The highest BCUT2D eigenvalue weighted by Crippen LogP contribution is 2.29. The fraction of sp³-hybridized carbons (Fsp3) is 0.688. The number of allylic oxidation sites excluding steroid dienone is 3. The van der Waals surface area contributed by atoms with Crippen LogP contribution in [0.3, 0.4) is 0 Å². The number of aliphatic hydroxyl groups excluding tert-OH is 3. The van der Waals surface area contributed by atoms with Gasteiger partial charge in [-0.15, -0.1) is 0 Å². The molecule has 40 heavy (non-hydrogen) atoms. The molecule has 1 fully saturated rings. The van der Waals surface area contributed by atoms with Gasteiger partial charge >= 0.3 is 12.1 Å². The van der Waals surface area contributed by atoms with E-state index < -0.39 is 30.5 Å². The van der Waals surface area contributed by atoms with Gasteiger partial charge in [-0.05, 0) is 31.6 Å². The number of rotatable bonds is 16. The van der Waals surface area contributed by atoms with E-state index in [1.54, 1.807) is 24.3 Å². The molecule has 0 bridgehead atoms. The number of carbonyl (C=O) groups excluding carboxylic acids is 2. The van der Waals surface area contributed by atoms with Crippen molar-refractivity contribution in [2.45, 2.75) is 105 Å². The molecule has 1 aliphatic rings. The number of amides is 1. The molecule has 8 heteroatoms. The molecule has 1 aliphatic heterocycles. The third-order valence-electron chi connectivity index (χ3n) is 8.06. The summed E-state index contributed by atoms with van der Waals surface area (Å²) in [6.07, 6.45) is 8.94. The highest BCUT2D eigenvalue weighted by Gasteiger charge is 2.33. The summed E-state index contributed by atoms with van der Waals surface area (Å²) in [7, 11) is 0. The van der Waals surface area contributed by atoms with Crippen LogP contribution in [0, 0.1) is 35.5 Å². The van der Waals surface area contributed by atoms with Crippen molar-refractivity contribution in [3.63, 3.8) is 0 Å². The van der Waals surface area contributed by atoms with Gasteiger partial charge in [-0.25, -0.2) is 4.79 Å². The summed E-state index contributed by atoms with van der Waals surface area (Å²) in [5.74, 6) is -1.03. The van der Waals surface area contributed by atoms with Gasteiger partial charge in [-0.1, -0.05) is 90.2 Å². The number of carbonyl (C=O) groups is 2. The Labute approximate surface area is 241 Å². The lowest BCUT2D eigenvalue weighted by molar-refractivity contribution is -0.159. The Morgan fingerprint density at radius 2 is 1.73 bits per heavy atom. The number of cyclic esters (lactones) is 1. The Morgan fingerprint density at radius 3 is 2.33 bits per heavy atom. The molecule has 0 aromatic heterocycles. The van der Waals surface area contributed by atoms with E-state index in [1.165, 1.54) is 0 Å². The highest BCUT2D eigenvalue weighted by molar-refractivity contribution is 5.70. The fourth-order valence-corrected chi connectivity index (χ4v) is 5.52. The highest BCUT2D eigenvalue weighted by atomic mass is 16.6. The van der Waals surface area contributed by atoms with Crippen LogP contribution in [0.25, 0.3) is 0 Å². The third kappa shape index (κ3) is 12.0. The number of nitrogens with two attached hydrogens (primary N) is 1. The molecule has 5 N–H and O–H groups in total. The van der Waals surface area contributed by atoms with Crippen LogP contribution in [-0.2, 0) is 14.3 Å². The third-order valence-corrected chi connectivity index (χ3v) is 8.06. The zero-order valence-electron chi connectivity index (χ0n) is 25.4. The van der Waals surface area contributed by atoms with E-state index in [2.05, 4.69) is 6.58 Å². The molecule has 1 saturated heterocycles. The first-order valence-electron chi connectivity index (χ1n) is 14.5. The van der Waals surface area contributed by atoms with Crippen molar-refractivity contribution in [3.8, 4) is 0 Å². The first-order valence-corrected chi connectivity index (χ1v) is 14.5. The van der Waals surface area contributed by atoms with Gasteiger partial charge in [-0.3, -0.25) is 4.79 Å². The molecule has 11 atom stereocenters. The summed E-state index contributed by atoms with van der Waals surface area (Å²) in [4.78, 5) is 23.1. The molecule has 0 saturated carbocycles. The maximum Gasteiger partial charge on any atom is 0.404 e. The second kappa shape index (κ2) is 17.4. The number of aliphatic hydroxyl groups is 3. The van der Waals surface area contributed by atoms with Crippen LogP contribution >= 0.6 is 0 Å². The summed E-state index contributed by atoms with van der Waals surface area (Å²) in [6.45, 7) is 17.2. The molecule has 0 aromatic rings. The number of hydrogen-bond acceptors (Lipinski definition) is 7. The Kier molecular flexibility index (Phi) is 15.5. The van der Waals surface area contributed by atoms with E-state index in [9.17, 15) is 24.9 Å². The quantitative estimate of drug-likeness (QED) is 0.117. The minimum Gasteiger partial charge on any atom is -0.462 e. The Balaban J connectivity index is 2.73. The molecule has 0 unspecified atom stereocenters. The van der Waals surface area contributed by atoms with Gasteiger partial charge in [-0.2, -0.15) is 0 Å². The van der Waals surface area contributed by atoms with Crippen LogP contribution in [-0.4, -0.2) is 57.9 Å². The summed E-state index contributed by atoms with van der Waals surface area (Å²) in [5.41, 5.74) is 6.33. The summed E-state index contributed by atoms with van der Waals surface area (Å²) in [6, 6.07) is 0. The second-order valence-corrected chi connectivity index (χ2v) is 11.9. The average molecular weight is 564 g/mol. The van der Waals surface area contributed by atoms with Crippen molar-refractivity contribution in [1.82, 2.24) is 0 Å². The minimum atomic E-state index is -0.878. The van der Waals surface area contributed by atoms with Crippen LogP contribution in [0.4, 0.5) is 4.79 Å². The Hall–Kier alpha value is -2.42. The fourth-order valence-electron chi connectivity index (χ4n) is 5.52. The van der Waals surface area contributed by atoms with Crippen LogP contribution < -0.4 is 5.73 Å². The molecule has 0 spiro atoms. The van der Waals surface area contributed by atoms with Crippen molar-refractivity contribution >= 4 is 12.1 Å². The Bertz CT molecular complexity index is 898. The number of ether oxygens (including phenoxy) is 2. The minimum absolute atomic E-state index is 0.131. The summed E-state index contributed by atoms with van der Waals surface area (Å²) < 4.78 is 10.7. The first-order chi connectivity index (χ1) is 18.7. The number of esters is 1. The first kappa shape index (κ1) is 35.6. The van der Waals surface area contributed by atoms with Gasteiger partial charge in [0.25, 0.3) is 0 Å². The van der Waals surface area contributed by atoms with E-state index in [4.69, 9.17) is 15.2 Å². The maximum absolute atomic E-state index is 11.6. The molecule has 1 amide bonds. The second-order valence-electron chi connectivity index (χ2n) is 11.9. The van der Waals surface area contributed by atoms with Gasteiger partial charge < -0.3 is 30.5 Å². The van der Waals surface area contributed by atoms with Crippen LogP contribution in [0.5, 0.6) is 0 Å². The molecule has 228 valence electrons. The van der Waals surface area contributed by atoms with Crippen molar-refractivity contribution in [1.29, 1.82) is 0 Å². The summed E-state index contributed by atoms with van der Waals surface area (Å²) in [5, 5.41) is 32.4. The van der Waals surface area contributed by atoms with Crippen LogP contribution in [0.1, 0.15) is 74.1 Å². The number of primary amides is 1. The van der Waals surface area contributed by atoms with Crippen molar-refractivity contribution < 1.29 is 34.4 Å². The largest absolute Gasteiger partial charge is 0.462 e. The van der Waals surface area contributed by atoms with Gasteiger partial charge in [0, 0.05) is 36.5 Å². The SMILES string of the molecule is C=C/C=C\[C@H](C)[C@H](OC(N)=O)[C@@H](C)[C@H](O)[C@@H](C)C/C(C)=C\[C@H](C)[C@@H](O)[C@@H](C)/C=C\[C@@H](O)C[C@H]1OC(=O)CC[C@@H]1C.